The van der Waals surface area contributed by atoms with E-state index >= 15 is 0 Å². The number of ether oxygens (including phenoxy) is 1. The van der Waals surface area contributed by atoms with Crippen LogP contribution in [0, 0.1) is 13.8 Å². The van der Waals surface area contributed by atoms with E-state index in [1.165, 1.54) is 22.8 Å². The molecule has 1 N–H and O–H groups in total. The zero-order valence-electron chi connectivity index (χ0n) is 14.2. The summed E-state index contributed by atoms with van der Waals surface area (Å²) in [6.45, 7) is 4.36. The Hall–Kier alpha value is -1.97. The highest BCUT2D eigenvalue weighted by Gasteiger charge is 2.31. The number of thiazole rings is 1. The van der Waals surface area contributed by atoms with E-state index in [0.29, 0.717) is 23.0 Å². The molecular formula is C16H19N3O4S2. The number of amides is 1. The molecule has 2 aromatic rings. The van der Waals surface area contributed by atoms with Gasteiger partial charge in [0.2, 0.25) is 10.0 Å². The van der Waals surface area contributed by atoms with Crippen LogP contribution in [0.4, 0.5) is 9.93 Å². The lowest BCUT2D eigenvalue weighted by Crippen LogP contribution is -2.35. The Balaban J connectivity index is 1.85. The maximum Gasteiger partial charge on any atom is 0.413 e. The third-order valence-corrected chi connectivity index (χ3v) is 7.04. The highest BCUT2D eigenvalue weighted by atomic mass is 32.2. The Morgan fingerprint density at radius 2 is 2.12 bits per heavy atom. The molecule has 1 amide bonds. The Labute approximate surface area is 150 Å². The molecule has 25 heavy (non-hydrogen) atoms. The van der Waals surface area contributed by atoms with E-state index in [1.54, 1.807) is 19.1 Å². The minimum atomic E-state index is -3.57. The number of aryl methyl sites for hydroxylation is 2. The number of hydrogen-bond donors (Lipinski definition) is 1. The summed E-state index contributed by atoms with van der Waals surface area (Å²) in [5.74, 6) is 0. The highest BCUT2D eigenvalue weighted by Crippen LogP contribution is 2.32. The second-order valence-corrected chi connectivity index (χ2v) is 8.85. The quantitative estimate of drug-likeness (QED) is 0.883. The van der Waals surface area contributed by atoms with Gasteiger partial charge in [-0.15, -0.1) is 0 Å². The first-order valence-electron chi connectivity index (χ1n) is 7.72. The molecule has 2 heterocycles. The average molecular weight is 381 g/mol. The summed E-state index contributed by atoms with van der Waals surface area (Å²) >= 11 is 1.27. The maximum atomic E-state index is 13.0. The predicted molar refractivity (Wildman–Crippen MR) is 95.4 cm³/mol. The van der Waals surface area contributed by atoms with E-state index < -0.39 is 16.1 Å². The lowest BCUT2D eigenvalue weighted by atomic mass is 10.2. The van der Waals surface area contributed by atoms with Gasteiger partial charge >= 0.3 is 6.09 Å². The molecule has 1 aromatic heterocycles. The minimum Gasteiger partial charge on any atom is -0.453 e. The number of methoxy groups -OCH3 is 1. The monoisotopic (exact) mass is 381 g/mol. The number of nitrogens with zero attached hydrogens (tertiary/aromatic N) is 2. The maximum absolute atomic E-state index is 13.0. The number of anilines is 1. The second-order valence-electron chi connectivity index (χ2n) is 5.86. The first-order chi connectivity index (χ1) is 11.8. The van der Waals surface area contributed by atoms with Gasteiger partial charge in [0.1, 0.15) is 0 Å². The van der Waals surface area contributed by atoms with Crippen LogP contribution in [0.1, 0.15) is 21.7 Å². The van der Waals surface area contributed by atoms with E-state index in [2.05, 4.69) is 15.0 Å². The van der Waals surface area contributed by atoms with Crippen LogP contribution in [-0.4, -0.2) is 37.5 Å². The molecule has 0 radical (unpaired) electrons. The van der Waals surface area contributed by atoms with Crippen molar-refractivity contribution < 1.29 is 17.9 Å². The Morgan fingerprint density at radius 3 is 2.80 bits per heavy atom. The molecule has 3 rings (SSSR count). The molecule has 0 unspecified atom stereocenters. The van der Waals surface area contributed by atoms with Crippen molar-refractivity contribution in [3.63, 3.8) is 0 Å². The fourth-order valence-electron chi connectivity index (χ4n) is 2.80. The molecule has 9 heteroatoms. The molecule has 0 saturated carbocycles. The molecule has 0 atom stereocenters. The summed E-state index contributed by atoms with van der Waals surface area (Å²) in [5.41, 5.74) is 2.59. The Morgan fingerprint density at radius 1 is 1.36 bits per heavy atom. The van der Waals surface area contributed by atoms with Gasteiger partial charge in [-0.3, -0.25) is 5.32 Å². The Kier molecular flexibility index (Phi) is 4.81. The standard InChI is InChI=1S/C16H19N3O4S2/c1-10-4-5-14(11(2)8-10)25(21,22)19-7-6-12-13(9-19)24-15(17-12)18-16(20)23-3/h4-5,8H,6-7,9H2,1-3H3,(H,17,18,20). The van der Waals surface area contributed by atoms with E-state index in [9.17, 15) is 13.2 Å². The van der Waals surface area contributed by atoms with Crippen molar-refractivity contribution in [3.05, 3.63) is 39.9 Å². The van der Waals surface area contributed by atoms with Crippen molar-refractivity contribution in [2.45, 2.75) is 31.7 Å². The molecule has 0 spiro atoms. The zero-order valence-corrected chi connectivity index (χ0v) is 15.8. The average Bonchev–Trinajstić information content (AvgIpc) is 2.95. The summed E-state index contributed by atoms with van der Waals surface area (Å²) in [5, 5.41) is 2.95. The van der Waals surface area contributed by atoms with Crippen molar-refractivity contribution in [3.8, 4) is 0 Å². The molecule has 134 valence electrons. The molecular weight excluding hydrogens is 362 g/mol. The van der Waals surface area contributed by atoms with Crippen LogP contribution in [0.3, 0.4) is 0 Å². The molecule has 0 bridgehead atoms. The van der Waals surface area contributed by atoms with Gasteiger partial charge in [-0.2, -0.15) is 4.31 Å². The van der Waals surface area contributed by atoms with Crippen LogP contribution in [-0.2, 0) is 27.7 Å². The normalized spacial score (nSPS) is 14.8. The summed E-state index contributed by atoms with van der Waals surface area (Å²) in [7, 11) is -2.29. The van der Waals surface area contributed by atoms with E-state index in [-0.39, 0.29) is 6.54 Å². The summed E-state index contributed by atoms with van der Waals surface area (Å²) < 4.78 is 32.0. The minimum absolute atomic E-state index is 0.255. The zero-order chi connectivity index (χ0) is 18.2. The van der Waals surface area contributed by atoms with Crippen LogP contribution in [0.2, 0.25) is 0 Å². The van der Waals surface area contributed by atoms with Crippen LogP contribution in [0.15, 0.2) is 23.1 Å². The fraction of sp³-hybridized carbons (Fsp3) is 0.375. The number of benzene rings is 1. The number of sulfonamides is 1. The number of rotatable bonds is 3. The van der Waals surface area contributed by atoms with Crippen LogP contribution in [0.25, 0.3) is 0 Å². The van der Waals surface area contributed by atoms with Gasteiger partial charge in [-0.1, -0.05) is 29.0 Å². The van der Waals surface area contributed by atoms with E-state index in [4.69, 9.17) is 0 Å². The van der Waals surface area contributed by atoms with Crippen LogP contribution in [0.5, 0.6) is 0 Å². The topological polar surface area (TPSA) is 88.6 Å². The number of carbonyl (C=O) groups excluding carboxylic acids is 1. The third-order valence-electron chi connectivity index (χ3n) is 4.04. The highest BCUT2D eigenvalue weighted by molar-refractivity contribution is 7.89. The van der Waals surface area contributed by atoms with Crippen molar-refractivity contribution in [2.24, 2.45) is 0 Å². The molecule has 0 saturated heterocycles. The van der Waals surface area contributed by atoms with Gasteiger partial charge in [-0.05, 0) is 25.5 Å². The fourth-order valence-corrected chi connectivity index (χ4v) is 5.50. The van der Waals surface area contributed by atoms with Gasteiger partial charge in [0.05, 0.1) is 24.2 Å². The van der Waals surface area contributed by atoms with E-state index in [1.807, 2.05) is 13.0 Å². The second kappa shape index (κ2) is 6.74. The summed E-state index contributed by atoms with van der Waals surface area (Å²) in [6.07, 6.45) is -0.0791. The summed E-state index contributed by atoms with van der Waals surface area (Å²) in [6, 6.07) is 5.33. The predicted octanol–water partition coefficient (Wildman–Crippen LogP) is 2.69. The third kappa shape index (κ3) is 3.53. The van der Waals surface area contributed by atoms with Crippen LogP contribution >= 0.6 is 11.3 Å². The smallest absolute Gasteiger partial charge is 0.413 e. The van der Waals surface area contributed by atoms with Crippen molar-refractivity contribution >= 4 is 32.6 Å². The molecule has 1 aromatic carbocycles. The molecule has 0 aliphatic carbocycles. The SMILES string of the molecule is COC(=O)Nc1nc2c(s1)CN(S(=O)(=O)c1ccc(C)cc1C)CC2. The lowest BCUT2D eigenvalue weighted by Gasteiger charge is -2.26. The molecule has 7 nitrogen and oxygen atoms in total. The number of hydrogen-bond acceptors (Lipinski definition) is 6. The van der Waals surface area contributed by atoms with Gasteiger partial charge < -0.3 is 4.74 Å². The van der Waals surface area contributed by atoms with Crippen molar-refractivity contribution in [2.75, 3.05) is 19.0 Å². The van der Waals surface area contributed by atoms with Crippen LogP contribution < -0.4 is 5.32 Å². The number of nitrogens with one attached hydrogen (secondary N) is 1. The number of aromatic nitrogens is 1. The summed E-state index contributed by atoms with van der Waals surface area (Å²) in [4.78, 5) is 16.8. The van der Waals surface area contributed by atoms with Gasteiger partial charge in [0, 0.05) is 17.8 Å². The van der Waals surface area contributed by atoms with E-state index in [0.717, 1.165) is 21.7 Å². The van der Waals surface area contributed by atoms with Crippen molar-refractivity contribution in [1.82, 2.24) is 9.29 Å². The van der Waals surface area contributed by atoms with Gasteiger partial charge in [0.15, 0.2) is 5.13 Å². The molecule has 1 aliphatic rings. The lowest BCUT2D eigenvalue weighted by molar-refractivity contribution is 0.187. The first kappa shape index (κ1) is 17.8. The number of fused-ring (bicyclic) bond motifs is 1. The van der Waals surface area contributed by atoms with Gasteiger partial charge in [-0.25, -0.2) is 18.2 Å². The van der Waals surface area contributed by atoms with Gasteiger partial charge in [0.25, 0.3) is 0 Å². The number of carbonyl (C=O) groups is 1. The first-order valence-corrected chi connectivity index (χ1v) is 9.98. The Bertz CT molecular complexity index is 921. The molecule has 0 fully saturated rings. The largest absolute Gasteiger partial charge is 0.453 e. The van der Waals surface area contributed by atoms with Crippen molar-refractivity contribution in [1.29, 1.82) is 0 Å². The molecule has 1 aliphatic heterocycles.